The van der Waals surface area contributed by atoms with E-state index in [1.165, 1.54) is 11.8 Å². The molecule has 0 fully saturated rings. The van der Waals surface area contributed by atoms with Crippen LogP contribution in [0, 0.1) is 0 Å². The molecule has 2 aliphatic heterocycles. The topological polar surface area (TPSA) is 74.6 Å². The minimum absolute atomic E-state index is 0. The number of carbonyl (C=O) groups excluding carboxylic acids is 2. The van der Waals surface area contributed by atoms with Gasteiger partial charge in [0.2, 0.25) is 5.91 Å². The molecule has 3 heterocycles. The van der Waals surface area contributed by atoms with Crippen LogP contribution < -0.4 is 10.6 Å². The zero-order chi connectivity index (χ0) is 18.6. The van der Waals surface area contributed by atoms with E-state index in [9.17, 15) is 9.59 Å². The molecule has 0 radical (unpaired) electrons. The number of nitrogens with zero attached hydrogens (tertiary/aromatic N) is 1. The van der Waals surface area contributed by atoms with Crippen molar-refractivity contribution in [2.24, 2.45) is 0 Å². The van der Waals surface area contributed by atoms with E-state index < -0.39 is 6.04 Å². The number of fused-ring (bicyclic) bond motifs is 1. The van der Waals surface area contributed by atoms with Crippen molar-refractivity contribution >= 4 is 24.2 Å². The minimum atomic E-state index is -0.542. The van der Waals surface area contributed by atoms with E-state index >= 15 is 0 Å². The molecule has 7 heteroatoms. The molecule has 1 aromatic heterocycles. The van der Waals surface area contributed by atoms with Gasteiger partial charge in [-0.2, -0.15) is 0 Å². The summed E-state index contributed by atoms with van der Waals surface area (Å²) in [5.74, 6) is -0.118. The molecule has 2 aromatic rings. The Hall–Kier alpha value is -2.57. The van der Waals surface area contributed by atoms with Gasteiger partial charge in [0.15, 0.2) is 5.76 Å². The molecular formula is C21H24ClN3O3. The van der Waals surface area contributed by atoms with Crippen molar-refractivity contribution in [3.05, 3.63) is 71.2 Å². The fourth-order valence-corrected chi connectivity index (χ4v) is 3.66. The summed E-state index contributed by atoms with van der Waals surface area (Å²) in [5, 5.41) is 6.29. The van der Waals surface area contributed by atoms with Crippen LogP contribution in [0.3, 0.4) is 0 Å². The van der Waals surface area contributed by atoms with E-state index in [0.717, 1.165) is 30.6 Å². The average molecular weight is 402 g/mol. The van der Waals surface area contributed by atoms with Crippen molar-refractivity contribution in [1.82, 2.24) is 15.5 Å². The molecular weight excluding hydrogens is 378 g/mol. The van der Waals surface area contributed by atoms with Gasteiger partial charge in [0.1, 0.15) is 6.04 Å². The lowest BCUT2D eigenvalue weighted by Crippen LogP contribution is -2.52. The number of rotatable bonds is 4. The van der Waals surface area contributed by atoms with Crippen molar-refractivity contribution in [3.8, 4) is 0 Å². The van der Waals surface area contributed by atoms with E-state index in [4.69, 9.17) is 4.42 Å². The highest BCUT2D eigenvalue weighted by Gasteiger charge is 2.35. The Morgan fingerprint density at radius 2 is 2.00 bits per heavy atom. The van der Waals surface area contributed by atoms with Crippen LogP contribution in [0.5, 0.6) is 0 Å². The molecule has 4 rings (SSSR count). The lowest BCUT2D eigenvalue weighted by Gasteiger charge is -2.35. The maximum absolute atomic E-state index is 13.0. The third-order valence-electron chi connectivity index (χ3n) is 5.19. The highest BCUT2D eigenvalue weighted by Crippen LogP contribution is 2.25. The van der Waals surface area contributed by atoms with E-state index in [1.54, 1.807) is 17.0 Å². The quantitative estimate of drug-likeness (QED) is 0.771. The van der Waals surface area contributed by atoms with Crippen molar-refractivity contribution in [3.63, 3.8) is 0 Å². The summed E-state index contributed by atoms with van der Waals surface area (Å²) in [7, 11) is 0. The first kappa shape index (κ1) is 20.2. The minimum Gasteiger partial charge on any atom is -0.459 e. The first-order valence-electron chi connectivity index (χ1n) is 9.30. The Morgan fingerprint density at radius 1 is 1.18 bits per heavy atom. The van der Waals surface area contributed by atoms with E-state index in [-0.39, 0.29) is 30.0 Å². The molecule has 0 aliphatic carbocycles. The Balaban J connectivity index is 0.00000225. The maximum Gasteiger partial charge on any atom is 0.290 e. The molecule has 1 unspecified atom stereocenters. The number of benzene rings is 1. The fourth-order valence-electron chi connectivity index (χ4n) is 3.66. The first-order valence-corrected chi connectivity index (χ1v) is 9.30. The smallest absolute Gasteiger partial charge is 0.290 e. The van der Waals surface area contributed by atoms with Gasteiger partial charge in [0, 0.05) is 26.1 Å². The third-order valence-corrected chi connectivity index (χ3v) is 5.19. The van der Waals surface area contributed by atoms with E-state index in [0.29, 0.717) is 19.5 Å². The molecule has 2 N–H and O–H groups in total. The molecule has 1 aromatic carbocycles. The molecule has 0 bridgehead atoms. The monoisotopic (exact) mass is 401 g/mol. The zero-order valence-corrected chi connectivity index (χ0v) is 16.3. The number of hydrogen-bond acceptors (Lipinski definition) is 4. The Morgan fingerprint density at radius 3 is 2.71 bits per heavy atom. The van der Waals surface area contributed by atoms with Gasteiger partial charge in [-0.05, 0) is 36.2 Å². The lowest BCUT2D eigenvalue weighted by atomic mass is 9.93. The Bertz CT molecular complexity index is 864. The number of furan rings is 1. The number of nitrogens with one attached hydrogen (secondary N) is 2. The molecule has 148 valence electrons. The van der Waals surface area contributed by atoms with Gasteiger partial charge in [0.25, 0.3) is 5.91 Å². The van der Waals surface area contributed by atoms with Gasteiger partial charge < -0.3 is 20.0 Å². The number of amides is 2. The Kier molecular flexibility index (Phi) is 6.54. The summed E-state index contributed by atoms with van der Waals surface area (Å²) in [6.45, 7) is 2.70. The fraction of sp³-hybridized carbons (Fsp3) is 0.333. The molecule has 2 amide bonds. The summed E-state index contributed by atoms with van der Waals surface area (Å²) in [5.41, 5.74) is 3.41. The number of carbonyl (C=O) groups is 2. The van der Waals surface area contributed by atoms with Crippen LogP contribution in [0.2, 0.25) is 0 Å². The van der Waals surface area contributed by atoms with Gasteiger partial charge in [-0.15, -0.1) is 12.4 Å². The van der Waals surface area contributed by atoms with E-state index in [1.807, 2.05) is 24.3 Å². The van der Waals surface area contributed by atoms with Gasteiger partial charge in [0.05, 0.1) is 6.26 Å². The van der Waals surface area contributed by atoms with Crippen LogP contribution in [0.1, 0.15) is 28.1 Å². The standard InChI is InChI=1S/C21H23N3O3.ClH/c25-20(23-13-15-7-9-22-10-8-15)18-12-16-4-1-2-5-17(16)14-24(18)21(26)19-6-3-11-27-19;/h1-7,11,18,22H,8-10,12-14H2,(H,23,25);1H. The summed E-state index contributed by atoms with van der Waals surface area (Å²) < 4.78 is 5.28. The predicted molar refractivity (Wildman–Crippen MR) is 108 cm³/mol. The first-order chi connectivity index (χ1) is 13.2. The highest BCUT2D eigenvalue weighted by molar-refractivity contribution is 5.96. The van der Waals surface area contributed by atoms with Crippen molar-refractivity contribution in [1.29, 1.82) is 0 Å². The summed E-state index contributed by atoms with van der Waals surface area (Å²) in [4.78, 5) is 27.5. The van der Waals surface area contributed by atoms with Crippen molar-refractivity contribution in [2.45, 2.75) is 25.4 Å². The van der Waals surface area contributed by atoms with Crippen LogP contribution in [0.25, 0.3) is 0 Å². The Labute approximate surface area is 170 Å². The normalized spacial score (nSPS) is 18.5. The second-order valence-corrected chi connectivity index (χ2v) is 6.93. The number of halogens is 1. The largest absolute Gasteiger partial charge is 0.459 e. The third kappa shape index (κ3) is 4.29. The maximum atomic E-state index is 13.0. The van der Waals surface area contributed by atoms with Crippen LogP contribution in [0.4, 0.5) is 0 Å². The summed E-state index contributed by atoms with van der Waals surface area (Å²) >= 11 is 0. The van der Waals surface area contributed by atoms with Crippen molar-refractivity contribution < 1.29 is 14.0 Å². The average Bonchev–Trinajstić information content (AvgIpc) is 3.26. The molecule has 28 heavy (non-hydrogen) atoms. The summed E-state index contributed by atoms with van der Waals surface area (Å²) in [6, 6.07) is 10.7. The summed E-state index contributed by atoms with van der Waals surface area (Å²) in [6.07, 6.45) is 5.04. The van der Waals surface area contributed by atoms with E-state index in [2.05, 4.69) is 16.7 Å². The predicted octanol–water partition coefficient (Wildman–Crippen LogP) is 2.30. The van der Waals surface area contributed by atoms with Crippen LogP contribution in [0.15, 0.2) is 58.7 Å². The molecule has 0 spiro atoms. The van der Waals surface area contributed by atoms with Crippen LogP contribution >= 0.6 is 12.4 Å². The van der Waals surface area contributed by atoms with Crippen LogP contribution in [-0.2, 0) is 17.8 Å². The van der Waals surface area contributed by atoms with Crippen LogP contribution in [-0.4, -0.2) is 42.4 Å². The number of hydrogen-bond donors (Lipinski definition) is 2. The van der Waals surface area contributed by atoms with Gasteiger partial charge >= 0.3 is 0 Å². The van der Waals surface area contributed by atoms with Crippen molar-refractivity contribution in [2.75, 3.05) is 19.6 Å². The second kappa shape index (κ2) is 9.08. The molecule has 0 saturated carbocycles. The second-order valence-electron chi connectivity index (χ2n) is 6.93. The van der Waals surface area contributed by atoms with Gasteiger partial charge in [-0.25, -0.2) is 0 Å². The lowest BCUT2D eigenvalue weighted by molar-refractivity contribution is -0.126. The van der Waals surface area contributed by atoms with Gasteiger partial charge in [-0.3, -0.25) is 9.59 Å². The SMILES string of the molecule is Cl.O=C(NCC1=CCNCC1)C1Cc2ccccc2CN1C(=O)c1ccco1. The molecule has 0 saturated heterocycles. The highest BCUT2D eigenvalue weighted by atomic mass is 35.5. The molecule has 2 aliphatic rings. The molecule has 6 nitrogen and oxygen atoms in total. The molecule has 1 atom stereocenters. The van der Waals surface area contributed by atoms with Gasteiger partial charge in [-0.1, -0.05) is 35.9 Å². The zero-order valence-electron chi connectivity index (χ0n) is 15.5.